The minimum Gasteiger partial charge on any atom is -0.493 e. The number of hydrogen-bond donors (Lipinski definition) is 0. The van der Waals surface area contributed by atoms with Crippen molar-refractivity contribution in [1.82, 2.24) is 0 Å². The van der Waals surface area contributed by atoms with E-state index in [0.29, 0.717) is 34.1 Å². The number of carbonyl (C=O) groups excluding carboxylic acids is 1. The van der Waals surface area contributed by atoms with E-state index in [1.54, 1.807) is 30.3 Å². The fourth-order valence-corrected chi connectivity index (χ4v) is 2.96. The first-order valence-electron chi connectivity index (χ1n) is 9.07. The maximum absolute atomic E-state index is 12.1. The Hall–Kier alpha value is -3.68. The minimum atomic E-state index is -0.561. The Morgan fingerprint density at radius 2 is 1.67 bits per heavy atom. The largest absolute Gasteiger partial charge is 0.493 e. The molecule has 0 N–H and O–H groups in total. The summed E-state index contributed by atoms with van der Waals surface area (Å²) in [5.41, 5.74) is 1.42. The molecular formula is C22H22O8. The predicted molar refractivity (Wildman–Crippen MR) is 109 cm³/mol. The van der Waals surface area contributed by atoms with Crippen molar-refractivity contribution in [3.05, 3.63) is 57.9 Å². The molecule has 1 heterocycles. The molecule has 8 heteroatoms. The summed E-state index contributed by atoms with van der Waals surface area (Å²) in [6.07, 6.45) is 0. The van der Waals surface area contributed by atoms with Crippen LogP contribution < -0.4 is 24.6 Å². The van der Waals surface area contributed by atoms with Crippen molar-refractivity contribution in [2.45, 2.75) is 13.5 Å². The Balaban J connectivity index is 1.63. The second-order valence-corrected chi connectivity index (χ2v) is 6.39. The maximum Gasteiger partial charge on any atom is 0.344 e. The Morgan fingerprint density at radius 1 is 0.967 bits per heavy atom. The van der Waals surface area contributed by atoms with Gasteiger partial charge in [0, 0.05) is 17.5 Å². The van der Waals surface area contributed by atoms with Gasteiger partial charge in [0.1, 0.15) is 17.9 Å². The second kappa shape index (κ2) is 9.21. The van der Waals surface area contributed by atoms with Crippen LogP contribution in [0.25, 0.3) is 11.0 Å². The van der Waals surface area contributed by atoms with Crippen LogP contribution in [0.15, 0.2) is 45.6 Å². The molecule has 0 fully saturated rings. The van der Waals surface area contributed by atoms with Crippen molar-refractivity contribution in [2.75, 3.05) is 27.9 Å². The summed E-state index contributed by atoms with van der Waals surface area (Å²) >= 11 is 0. The molecule has 3 aromatic rings. The van der Waals surface area contributed by atoms with E-state index in [2.05, 4.69) is 0 Å². The third-order valence-electron chi connectivity index (χ3n) is 4.40. The first-order valence-corrected chi connectivity index (χ1v) is 9.07. The molecule has 0 amide bonds. The van der Waals surface area contributed by atoms with E-state index in [0.717, 1.165) is 10.9 Å². The average Bonchev–Trinajstić information content (AvgIpc) is 2.74. The molecule has 0 radical (unpaired) electrons. The summed E-state index contributed by atoms with van der Waals surface area (Å²) in [6, 6.07) is 9.85. The molecule has 0 bridgehead atoms. The van der Waals surface area contributed by atoms with Crippen LogP contribution in [0.4, 0.5) is 0 Å². The summed E-state index contributed by atoms with van der Waals surface area (Å²) in [5.74, 6) is 1.21. The van der Waals surface area contributed by atoms with Crippen LogP contribution in [0, 0.1) is 6.92 Å². The normalized spacial score (nSPS) is 10.5. The van der Waals surface area contributed by atoms with Gasteiger partial charge in [0.15, 0.2) is 18.1 Å². The second-order valence-electron chi connectivity index (χ2n) is 6.39. The Bertz CT molecular complexity index is 1090. The van der Waals surface area contributed by atoms with Crippen molar-refractivity contribution in [3.8, 4) is 23.0 Å². The van der Waals surface area contributed by atoms with Crippen LogP contribution in [0.3, 0.4) is 0 Å². The number of aryl methyl sites for hydroxylation is 1. The SMILES string of the molecule is COc1cc(COC(=O)COc2ccc3c(C)cc(=O)oc3c2)cc(OC)c1OC. The molecule has 1 aromatic heterocycles. The summed E-state index contributed by atoms with van der Waals surface area (Å²) in [7, 11) is 4.53. The van der Waals surface area contributed by atoms with Gasteiger partial charge in [-0.1, -0.05) is 0 Å². The zero-order valence-corrected chi connectivity index (χ0v) is 17.1. The number of fused-ring (bicyclic) bond motifs is 1. The van der Waals surface area contributed by atoms with Crippen molar-refractivity contribution in [2.24, 2.45) is 0 Å². The third kappa shape index (κ3) is 4.65. The molecule has 2 aromatic carbocycles. The first kappa shape index (κ1) is 21.0. The van der Waals surface area contributed by atoms with Crippen LogP contribution >= 0.6 is 0 Å². The average molecular weight is 414 g/mol. The first-order chi connectivity index (χ1) is 14.4. The Labute approximate surface area is 172 Å². The van der Waals surface area contributed by atoms with Gasteiger partial charge in [-0.15, -0.1) is 0 Å². The molecule has 8 nitrogen and oxygen atoms in total. The Kier molecular flexibility index (Phi) is 6.46. The van der Waals surface area contributed by atoms with E-state index >= 15 is 0 Å². The highest BCUT2D eigenvalue weighted by Gasteiger charge is 2.14. The quantitative estimate of drug-likeness (QED) is 0.410. The monoisotopic (exact) mass is 414 g/mol. The van der Waals surface area contributed by atoms with Crippen molar-refractivity contribution in [3.63, 3.8) is 0 Å². The lowest BCUT2D eigenvalue weighted by Gasteiger charge is -2.14. The van der Waals surface area contributed by atoms with Crippen LogP contribution in [-0.4, -0.2) is 33.9 Å². The van der Waals surface area contributed by atoms with Crippen molar-refractivity contribution < 1.29 is 32.9 Å². The van der Waals surface area contributed by atoms with E-state index in [-0.39, 0.29) is 13.2 Å². The summed E-state index contributed by atoms with van der Waals surface area (Å²) in [6.45, 7) is 1.52. The standard InChI is InChI=1S/C22H22O8/c1-13-7-20(23)30-17-10-15(5-6-16(13)17)28-12-21(24)29-11-14-8-18(25-2)22(27-4)19(9-14)26-3/h5-10H,11-12H2,1-4H3. The van der Waals surface area contributed by atoms with Crippen LogP contribution in [0.2, 0.25) is 0 Å². The minimum absolute atomic E-state index is 0.00466. The van der Waals surface area contributed by atoms with Gasteiger partial charge in [0.05, 0.1) is 21.3 Å². The molecule has 0 atom stereocenters. The summed E-state index contributed by atoms with van der Waals surface area (Å²) < 4.78 is 31.7. The maximum atomic E-state index is 12.1. The van der Waals surface area contributed by atoms with Crippen LogP contribution in [0.5, 0.6) is 23.0 Å². The molecule has 0 aliphatic rings. The molecule has 30 heavy (non-hydrogen) atoms. The lowest BCUT2D eigenvalue weighted by Crippen LogP contribution is -2.15. The van der Waals surface area contributed by atoms with Gasteiger partial charge in [0.25, 0.3) is 0 Å². The molecule has 0 aliphatic carbocycles. The lowest BCUT2D eigenvalue weighted by molar-refractivity contribution is -0.147. The fourth-order valence-electron chi connectivity index (χ4n) is 2.96. The highest BCUT2D eigenvalue weighted by atomic mass is 16.6. The number of rotatable bonds is 8. The van der Waals surface area contributed by atoms with E-state index in [1.807, 2.05) is 6.92 Å². The van der Waals surface area contributed by atoms with Gasteiger partial charge in [0.2, 0.25) is 5.75 Å². The number of carbonyl (C=O) groups is 1. The molecule has 0 saturated heterocycles. The highest BCUT2D eigenvalue weighted by molar-refractivity contribution is 5.81. The van der Waals surface area contributed by atoms with Crippen molar-refractivity contribution in [1.29, 1.82) is 0 Å². The topological polar surface area (TPSA) is 93.4 Å². The number of methoxy groups -OCH3 is 3. The number of ether oxygens (including phenoxy) is 5. The number of hydrogen-bond acceptors (Lipinski definition) is 8. The third-order valence-corrected chi connectivity index (χ3v) is 4.40. The van der Waals surface area contributed by atoms with Gasteiger partial charge in [-0.2, -0.15) is 0 Å². The molecule has 0 saturated carbocycles. The Morgan fingerprint density at radius 3 is 2.30 bits per heavy atom. The zero-order valence-electron chi connectivity index (χ0n) is 17.1. The number of esters is 1. The molecular weight excluding hydrogens is 392 g/mol. The lowest BCUT2D eigenvalue weighted by atomic mass is 10.1. The van der Waals surface area contributed by atoms with E-state index in [1.165, 1.54) is 27.4 Å². The highest BCUT2D eigenvalue weighted by Crippen LogP contribution is 2.38. The van der Waals surface area contributed by atoms with E-state index in [4.69, 9.17) is 28.1 Å². The van der Waals surface area contributed by atoms with Gasteiger partial charge in [-0.25, -0.2) is 9.59 Å². The zero-order chi connectivity index (χ0) is 21.7. The summed E-state index contributed by atoms with van der Waals surface area (Å²) in [4.78, 5) is 23.6. The summed E-state index contributed by atoms with van der Waals surface area (Å²) in [5, 5.41) is 0.798. The van der Waals surface area contributed by atoms with Crippen LogP contribution in [0.1, 0.15) is 11.1 Å². The van der Waals surface area contributed by atoms with Gasteiger partial charge in [-0.05, 0) is 42.3 Å². The molecule has 0 spiro atoms. The fraction of sp³-hybridized carbons (Fsp3) is 0.273. The van der Waals surface area contributed by atoms with Gasteiger partial charge < -0.3 is 28.1 Å². The van der Waals surface area contributed by atoms with E-state index in [9.17, 15) is 9.59 Å². The molecule has 0 unspecified atom stereocenters. The molecule has 3 rings (SSSR count). The van der Waals surface area contributed by atoms with Crippen molar-refractivity contribution >= 4 is 16.9 Å². The molecule has 0 aliphatic heterocycles. The van der Waals surface area contributed by atoms with Gasteiger partial charge >= 0.3 is 11.6 Å². The smallest absolute Gasteiger partial charge is 0.344 e. The van der Waals surface area contributed by atoms with Gasteiger partial charge in [-0.3, -0.25) is 0 Å². The predicted octanol–water partition coefficient (Wildman–Crippen LogP) is 3.25. The molecule has 158 valence electrons. The van der Waals surface area contributed by atoms with E-state index < -0.39 is 11.6 Å². The number of benzene rings is 2. The van der Waals surface area contributed by atoms with Crippen LogP contribution in [-0.2, 0) is 16.1 Å².